The topological polar surface area (TPSA) is 89.0 Å². The minimum Gasteiger partial charge on any atom is -0.495 e. The molecule has 33 heavy (non-hydrogen) atoms. The second-order valence-electron chi connectivity index (χ2n) is 6.91. The zero-order chi connectivity index (χ0) is 23.5. The molecule has 0 aliphatic carbocycles. The van der Waals surface area contributed by atoms with Crippen LogP contribution in [0.25, 0.3) is 0 Å². The Morgan fingerprint density at radius 1 is 1.00 bits per heavy atom. The van der Waals surface area contributed by atoms with Crippen LogP contribution in [0.5, 0.6) is 11.5 Å². The average Bonchev–Trinajstić information content (AvgIpc) is 2.84. The fourth-order valence-electron chi connectivity index (χ4n) is 2.75. The number of methoxy groups -OCH3 is 1. The third-order valence-corrected chi connectivity index (χ3v) is 5.56. The monoisotopic (exact) mass is 463 g/mol. The van der Waals surface area contributed by atoms with Crippen LogP contribution < -0.4 is 20.2 Å². The third kappa shape index (κ3) is 7.69. The number of hydrogen-bond acceptors (Lipinski definition) is 6. The summed E-state index contributed by atoms with van der Waals surface area (Å²) in [5, 5.41) is 6.49. The molecule has 0 radical (unpaired) electrons. The van der Waals surface area contributed by atoms with Crippen LogP contribution in [0.1, 0.15) is 12.5 Å². The lowest BCUT2D eigenvalue weighted by atomic mass is 10.2. The molecule has 3 rings (SSSR count). The summed E-state index contributed by atoms with van der Waals surface area (Å²) >= 11 is 1.47. The van der Waals surface area contributed by atoms with E-state index in [1.165, 1.54) is 11.8 Å². The minimum absolute atomic E-state index is 0.140. The maximum atomic E-state index is 12.2. The Balaban J connectivity index is 1.43. The van der Waals surface area contributed by atoms with E-state index in [0.717, 1.165) is 10.5 Å². The number of ether oxygens (including phenoxy) is 2. The molecule has 0 aromatic heterocycles. The molecule has 170 valence electrons. The summed E-state index contributed by atoms with van der Waals surface area (Å²) in [5.41, 5.74) is 3.92. The Kier molecular flexibility index (Phi) is 8.90. The fourth-order valence-corrected chi connectivity index (χ4v) is 3.63. The highest BCUT2D eigenvalue weighted by atomic mass is 32.2. The van der Waals surface area contributed by atoms with Crippen LogP contribution in [0.4, 0.5) is 5.69 Å². The molecule has 8 heteroatoms. The molecular weight excluding hydrogens is 438 g/mol. The van der Waals surface area contributed by atoms with Crippen LogP contribution in [0.3, 0.4) is 0 Å². The first-order valence-electron chi connectivity index (χ1n) is 10.3. The smallest absolute Gasteiger partial charge is 0.262 e. The fraction of sp³-hybridized carbons (Fsp3) is 0.160. The van der Waals surface area contributed by atoms with Crippen molar-refractivity contribution in [1.82, 2.24) is 5.43 Å². The molecule has 0 fully saturated rings. The van der Waals surface area contributed by atoms with Gasteiger partial charge in [0.2, 0.25) is 0 Å². The highest BCUT2D eigenvalue weighted by Crippen LogP contribution is 2.23. The Labute approximate surface area is 197 Å². The lowest BCUT2D eigenvalue weighted by Crippen LogP contribution is -2.26. The van der Waals surface area contributed by atoms with Crippen molar-refractivity contribution in [2.75, 3.05) is 19.0 Å². The number of nitrogens with one attached hydrogen (secondary N) is 2. The summed E-state index contributed by atoms with van der Waals surface area (Å²) in [6.45, 7) is 1.69. The van der Waals surface area contributed by atoms with E-state index in [4.69, 9.17) is 9.47 Å². The number of hydrazone groups is 1. The minimum atomic E-state index is -0.296. The van der Waals surface area contributed by atoms with Gasteiger partial charge in [-0.25, -0.2) is 5.43 Å². The van der Waals surface area contributed by atoms with Crippen LogP contribution in [0.15, 0.2) is 88.9 Å². The third-order valence-electron chi connectivity index (χ3n) is 4.44. The quantitative estimate of drug-likeness (QED) is 0.265. The number of hydrogen-bond donors (Lipinski definition) is 2. The van der Waals surface area contributed by atoms with Crippen molar-refractivity contribution in [1.29, 1.82) is 0 Å². The summed E-state index contributed by atoms with van der Waals surface area (Å²) in [7, 11) is 1.54. The van der Waals surface area contributed by atoms with E-state index >= 15 is 0 Å². The van der Waals surface area contributed by atoms with Gasteiger partial charge in [-0.15, -0.1) is 11.8 Å². The van der Waals surface area contributed by atoms with Gasteiger partial charge in [0.05, 0.1) is 24.3 Å². The van der Waals surface area contributed by atoms with E-state index in [2.05, 4.69) is 15.8 Å². The second-order valence-corrected chi connectivity index (χ2v) is 8.33. The molecule has 0 unspecified atom stereocenters. The standard InChI is InChI=1S/C25H25N3O4S/c1-18(33-21-8-4-3-5-9-21)25(30)28-26-16-19-12-14-20(15-13-19)32-17-24(29)27-22-10-6-7-11-23(22)31-2/h3-16,18H,17H2,1-2H3,(H,27,29)(H,28,30)/b26-16-/t18-/m1/s1. The number of carbonyl (C=O) groups excluding carboxylic acids is 2. The molecule has 0 bridgehead atoms. The number of benzene rings is 3. The zero-order valence-corrected chi connectivity index (χ0v) is 19.2. The van der Waals surface area contributed by atoms with Gasteiger partial charge in [0.1, 0.15) is 11.5 Å². The van der Waals surface area contributed by atoms with Crippen LogP contribution in [-0.2, 0) is 9.59 Å². The van der Waals surface area contributed by atoms with Crippen molar-refractivity contribution >= 4 is 35.5 Å². The van der Waals surface area contributed by atoms with E-state index in [9.17, 15) is 9.59 Å². The maximum absolute atomic E-state index is 12.2. The molecule has 0 heterocycles. The summed E-state index contributed by atoms with van der Waals surface area (Å²) < 4.78 is 10.7. The van der Waals surface area contributed by atoms with Gasteiger partial charge in [-0.1, -0.05) is 30.3 Å². The van der Waals surface area contributed by atoms with Crippen molar-refractivity contribution in [2.45, 2.75) is 17.1 Å². The molecule has 1 atom stereocenters. The molecule has 0 spiro atoms. The zero-order valence-electron chi connectivity index (χ0n) is 18.4. The number of anilines is 1. The highest BCUT2D eigenvalue weighted by Gasteiger charge is 2.13. The van der Waals surface area contributed by atoms with Crippen LogP contribution in [-0.4, -0.2) is 37.0 Å². The molecule has 0 saturated heterocycles. The number of nitrogens with zero attached hydrogens (tertiary/aromatic N) is 1. The molecule has 7 nitrogen and oxygen atoms in total. The van der Waals surface area contributed by atoms with E-state index in [-0.39, 0.29) is 23.7 Å². The highest BCUT2D eigenvalue weighted by molar-refractivity contribution is 8.00. The Bertz CT molecular complexity index is 1090. The maximum Gasteiger partial charge on any atom is 0.262 e. The average molecular weight is 464 g/mol. The van der Waals surface area contributed by atoms with Crippen LogP contribution in [0, 0.1) is 0 Å². The first kappa shape index (κ1) is 23.9. The van der Waals surface area contributed by atoms with E-state index in [0.29, 0.717) is 17.2 Å². The molecule has 3 aromatic carbocycles. The summed E-state index contributed by atoms with van der Waals surface area (Å²) in [5.74, 6) is 0.644. The van der Waals surface area contributed by atoms with Crippen molar-refractivity contribution in [3.63, 3.8) is 0 Å². The van der Waals surface area contributed by atoms with Crippen molar-refractivity contribution in [3.8, 4) is 11.5 Å². The van der Waals surface area contributed by atoms with Gasteiger partial charge in [0, 0.05) is 4.90 Å². The van der Waals surface area contributed by atoms with Gasteiger partial charge in [0.25, 0.3) is 11.8 Å². The van der Waals surface area contributed by atoms with Gasteiger partial charge in [-0.2, -0.15) is 5.10 Å². The Hall–Kier alpha value is -3.78. The number of amides is 2. The van der Waals surface area contributed by atoms with Gasteiger partial charge < -0.3 is 14.8 Å². The number of rotatable bonds is 10. The first-order valence-corrected chi connectivity index (χ1v) is 11.1. The number of para-hydroxylation sites is 2. The first-order chi connectivity index (χ1) is 16.0. The van der Waals surface area contributed by atoms with Crippen molar-refractivity contribution in [3.05, 3.63) is 84.4 Å². The van der Waals surface area contributed by atoms with Gasteiger partial charge in [-0.3, -0.25) is 9.59 Å². The van der Waals surface area contributed by atoms with Crippen LogP contribution in [0.2, 0.25) is 0 Å². The Morgan fingerprint density at radius 3 is 2.42 bits per heavy atom. The molecule has 0 saturated carbocycles. The summed E-state index contributed by atoms with van der Waals surface area (Å²) in [6.07, 6.45) is 1.55. The normalized spacial score (nSPS) is 11.6. The van der Waals surface area contributed by atoms with E-state index in [1.54, 1.807) is 49.7 Å². The molecule has 2 N–H and O–H groups in total. The van der Waals surface area contributed by atoms with Gasteiger partial charge in [-0.05, 0) is 61.0 Å². The van der Waals surface area contributed by atoms with Gasteiger partial charge in [0.15, 0.2) is 6.61 Å². The Morgan fingerprint density at radius 2 is 1.70 bits per heavy atom. The molecule has 0 aliphatic rings. The second kappa shape index (κ2) is 12.3. The molecular formula is C25H25N3O4S. The SMILES string of the molecule is COc1ccccc1NC(=O)COc1ccc(/C=N\NC(=O)[C@@H](C)Sc2ccccc2)cc1. The molecule has 2 amide bonds. The lowest BCUT2D eigenvalue weighted by molar-refractivity contribution is -0.120. The van der Waals surface area contributed by atoms with Gasteiger partial charge >= 0.3 is 0 Å². The van der Waals surface area contributed by atoms with E-state index < -0.39 is 0 Å². The number of thioether (sulfide) groups is 1. The number of carbonyl (C=O) groups is 2. The predicted molar refractivity (Wildman–Crippen MR) is 131 cm³/mol. The summed E-state index contributed by atoms with van der Waals surface area (Å²) in [4.78, 5) is 25.4. The van der Waals surface area contributed by atoms with Crippen LogP contribution >= 0.6 is 11.8 Å². The molecule has 0 aliphatic heterocycles. The molecule has 3 aromatic rings. The summed E-state index contributed by atoms with van der Waals surface area (Å²) in [6, 6.07) is 23.9. The lowest BCUT2D eigenvalue weighted by Gasteiger charge is -2.10. The van der Waals surface area contributed by atoms with Crippen molar-refractivity contribution < 1.29 is 19.1 Å². The van der Waals surface area contributed by atoms with Crippen molar-refractivity contribution in [2.24, 2.45) is 5.10 Å². The predicted octanol–water partition coefficient (Wildman–Crippen LogP) is 4.34. The van der Waals surface area contributed by atoms with E-state index in [1.807, 2.05) is 49.4 Å². The largest absolute Gasteiger partial charge is 0.495 e.